The van der Waals surface area contributed by atoms with Gasteiger partial charge in [0, 0.05) is 12.0 Å². The Balaban J connectivity index is 1.79. The van der Waals surface area contributed by atoms with Crippen LogP contribution in [0.4, 0.5) is 0 Å². The SMILES string of the molecule is OC[C@H]1O[C@@H](n2cc(-c3ccccc3)nn2)C[C@@H]1O. The molecule has 19 heavy (non-hydrogen) atoms. The van der Waals surface area contributed by atoms with E-state index in [1.54, 1.807) is 10.9 Å². The van der Waals surface area contributed by atoms with E-state index in [2.05, 4.69) is 10.3 Å². The van der Waals surface area contributed by atoms with Crippen LogP contribution in [0.2, 0.25) is 0 Å². The van der Waals surface area contributed by atoms with Gasteiger partial charge in [-0.05, 0) is 0 Å². The summed E-state index contributed by atoms with van der Waals surface area (Å²) in [5, 5.41) is 26.9. The molecule has 1 aromatic heterocycles. The van der Waals surface area contributed by atoms with Crippen LogP contribution in [0.5, 0.6) is 0 Å². The Hall–Kier alpha value is -1.76. The molecule has 1 aromatic carbocycles. The molecule has 2 N–H and O–H groups in total. The number of hydrogen-bond acceptors (Lipinski definition) is 5. The summed E-state index contributed by atoms with van der Waals surface area (Å²) >= 11 is 0. The zero-order valence-corrected chi connectivity index (χ0v) is 10.3. The molecular weight excluding hydrogens is 246 g/mol. The van der Waals surface area contributed by atoms with Crippen LogP contribution in [-0.4, -0.2) is 44.0 Å². The molecule has 2 aromatic rings. The normalized spacial score (nSPS) is 26.7. The molecule has 3 rings (SSSR count). The second-order valence-electron chi connectivity index (χ2n) is 4.56. The number of aromatic nitrogens is 3. The summed E-state index contributed by atoms with van der Waals surface area (Å²) in [6.07, 6.45) is 0.598. The minimum Gasteiger partial charge on any atom is -0.394 e. The van der Waals surface area contributed by atoms with Gasteiger partial charge in [-0.3, -0.25) is 0 Å². The fourth-order valence-electron chi connectivity index (χ4n) is 2.20. The lowest BCUT2D eigenvalue weighted by atomic mass is 10.2. The third kappa shape index (κ3) is 2.37. The molecule has 0 amide bonds. The summed E-state index contributed by atoms with van der Waals surface area (Å²) < 4.78 is 7.10. The maximum absolute atomic E-state index is 9.70. The van der Waals surface area contributed by atoms with E-state index in [9.17, 15) is 5.11 Å². The number of aliphatic hydroxyl groups excluding tert-OH is 2. The molecule has 1 aliphatic rings. The maximum Gasteiger partial charge on any atom is 0.155 e. The van der Waals surface area contributed by atoms with E-state index in [0.717, 1.165) is 11.3 Å². The van der Waals surface area contributed by atoms with Gasteiger partial charge in [-0.1, -0.05) is 35.5 Å². The van der Waals surface area contributed by atoms with E-state index in [0.29, 0.717) is 6.42 Å². The molecule has 6 nitrogen and oxygen atoms in total. The van der Waals surface area contributed by atoms with Crippen molar-refractivity contribution in [1.82, 2.24) is 15.0 Å². The first kappa shape index (κ1) is 12.3. The average Bonchev–Trinajstić information content (AvgIpc) is 3.06. The Bertz CT molecular complexity index is 543. The van der Waals surface area contributed by atoms with E-state index in [-0.39, 0.29) is 12.8 Å². The lowest BCUT2D eigenvalue weighted by Crippen LogP contribution is -2.24. The number of hydrogen-bond donors (Lipinski definition) is 2. The van der Waals surface area contributed by atoms with Crippen LogP contribution >= 0.6 is 0 Å². The third-order valence-corrected chi connectivity index (χ3v) is 3.26. The summed E-state index contributed by atoms with van der Waals surface area (Å²) in [4.78, 5) is 0. The molecule has 0 bridgehead atoms. The Morgan fingerprint density at radius 3 is 2.79 bits per heavy atom. The predicted molar refractivity (Wildman–Crippen MR) is 67.1 cm³/mol. The van der Waals surface area contributed by atoms with Crippen LogP contribution in [0.25, 0.3) is 11.3 Å². The highest BCUT2D eigenvalue weighted by Gasteiger charge is 2.35. The first-order valence-electron chi connectivity index (χ1n) is 6.19. The second kappa shape index (κ2) is 5.08. The highest BCUT2D eigenvalue weighted by molar-refractivity contribution is 5.57. The Labute approximate surface area is 110 Å². The van der Waals surface area contributed by atoms with Gasteiger partial charge in [0.1, 0.15) is 11.8 Å². The second-order valence-corrected chi connectivity index (χ2v) is 4.56. The highest BCUT2D eigenvalue weighted by Crippen LogP contribution is 2.28. The van der Waals surface area contributed by atoms with E-state index < -0.39 is 12.2 Å². The van der Waals surface area contributed by atoms with Gasteiger partial charge < -0.3 is 14.9 Å². The molecular formula is C13H15N3O3. The van der Waals surface area contributed by atoms with Crippen molar-refractivity contribution < 1.29 is 14.9 Å². The Morgan fingerprint density at radius 1 is 1.32 bits per heavy atom. The van der Waals surface area contributed by atoms with Crippen molar-refractivity contribution in [2.75, 3.05) is 6.61 Å². The van der Waals surface area contributed by atoms with Crippen molar-refractivity contribution in [3.8, 4) is 11.3 Å². The molecule has 1 fully saturated rings. The molecule has 6 heteroatoms. The lowest BCUT2D eigenvalue weighted by molar-refractivity contribution is -0.0489. The van der Waals surface area contributed by atoms with Crippen LogP contribution in [0.1, 0.15) is 12.6 Å². The minimum atomic E-state index is -0.667. The Morgan fingerprint density at radius 2 is 2.11 bits per heavy atom. The molecule has 100 valence electrons. The number of rotatable bonds is 3. The minimum absolute atomic E-state index is 0.197. The van der Waals surface area contributed by atoms with Crippen LogP contribution in [0.3, 0.4) is 0 Å². The monoisotopic (exact) mass is 261 g/mol. The fourth-order valence-corrected chi connectivity index (χ4v) is 2.20. The van der Waals surface area contributed by atoms with Crippen LogP contribution in [-0.2, 0) is 4.74 Å². The first-order chi connectivity index (χ1) is 9.28. The first-order valence-corrected chi connectivity index (χ1v) is 6.19. The van der Waals surface area contributed by atoms with Crippen molar-refractivity contribution in [2.45, 2.75) is 24.9 Å². The predicted octanol–water partition coefficient (Wildman–Crippen LogP) is 0.586. The molecule has 0 aliphatic carbocycles. The van der Waals surface area contributed by atoms with Gasteiger partial charge in [-0.15, -0.1) is 5.10 Å². The summed E-state index contributed by atoms with van der Waals surface area (Å²) in [5.41, 5.74) is 1.73. The largest absolute Gasteiger partial charge is 0.394 e. The standard InChI is InChI=1S/C13H15N3O3/c17-8-12-11(18)6-13(19-12)16-7-10(14-15-16)9-4-2-1-3-5-9/h1-5,7,11-13,17-18H,6,8H2/t11-,12+,13+/m0/s1. The lowest BCUT2D eigenvalue weighted by Gasteiger charge is -2.11. The number of nitrogens with zero attached hydrogens (tertiary/aromatic N) is 3. The van der Waals surface area contributed by atoms with Crippen molar-refractivity contribution in [1.29, 1.82) is 0 Å². The van der Waals surface area contributed by atoms with Gasteiger partial charge in [0.2, 0.25) is 0 Å². The van der Waals surface area contributed by atoms with E-state index >= 15 is 0 Å². The zero-order chi connectivity index (χ0) is 13.2. The molecule has 1 aliphatic heterocycles. The third-order valence-electron chi connectivity index (χ3n) is 3.26. The molecule has 3 atom stereocenters. The summed E-state index contributed by atoms with van der Waals surface area (Å²) in [6.45, 7) is -0.197. The maximum atomic E-state index is 9.70. The van der Waals surface area contributed by atoms with E-state index in [1.165, 1.54) is 0 Å². The molecule has 2 heterocycles. The van der Waals surface area contributed by atoms with Crippen LogP contribution in [0, 0.1) is 0 Å². The molecule has 0 radical (unpaired) electrons. The Kier molecular flexibility index (Phi) is 3.29. The summed E-state index contributed by atoms with van der Waals surface area (Å²) in [6, 6.07) is 9.72. The van der Waals surface area contributed by atoms with Gasteiger partial charge in [0.25, 0.3) is 0 Å². The molecule has 1 saturated heterocycles. The van der Waals surface area contributed by atoms with Gasteiger partial charge in [0.05, 0.1) is 18.9 Å². The topological polar surface area (TPSA) is 80.4 Å². The quantitative estimate of drug-likeness (QED) is 0.845. The number of aliphatic hydroxyl groups is 2. The number of ether oxygens (including phenoxy) is 1. The van der Waals surface area contributed by atoms with E-state index in [1.807, 2.05) is 30.3 Å². The smallest absolute Gasteiger partial charge is 0.155 e. The van der Waals surface area contributed by atoms with Gasteiger partial charge in [-0.2, -0.15) is 0 Å². The van der Waals surface area contributed by atoms with Crippen LogP contribution in [0.15, 0.2) is 36.5 Å². The van der Waals surface area contributed by atoms with Gasteiger partial charge >= 0.3 is 0 Å². The van der Waals surface area contributed by atoms with Crippen LogP contribution < -0.4 is 0 Å². The summed E-state index contributed by atoms with van der Waals surface area (Å²) in [5.74, 6) is 0. The van der Waals surface area contributed by atoms with Crippen molar-refractivity contribution in [2.24, 2.45) is 0 Å². The molecule has 0 saturated carbocycles. The number of benzene rings is 1. The molecule has 0 spiro atoms. The molecule has 0 unspecified atom stereocenters. The van der Waals surface area contributed by atoms with Gasteiger partial charge in [-0.25, -0.2) is 4.68 Å². The van der Waals surface area contributed by atoms with Crippen molar-refractivity contribution in [3.05, 3.63) is 36.5 Å². The highest BCUT2D eigenvalue weighted by atomic mass is 16.5. The average molecular weight is 261 g/mol. The van der Waals surface area contributed by atoms with Gasteiger partial charge in [0.15, 0.2) is 6.23 Å². The zero-order valence-electron chi connectivity index (χ0n) is 10.3. The van der Waals surface area contributed by atoms with Crippen molar-refractivity contribution >= 4 is 0 Å². The van der Waals surface area contributed by atoms with E-state index in [4.69, 9.17) is 9.84 Å². The summed E-state index contributed by atoms with van der Waals surface area (Å²) in [7, 11) is 0. The van der Waals surface area contributed by atoms with Crippen molar-refractivity contribution in [3.63, 3.8) is 0 Å². The fraction of sp³-hybridized carbons (Fsp3) is 0.385.